The van der Waals surface area contributed by atoms with E-state index < -0.39 is 0 Å². The number of nitrogens with zero attached hydrogens (tertiary/aromatic N) is 1. The van der Waals surface area contributed by atoms with Gasteiger partial charge in [0.25, 0.3) is 0 Å². The van der Waals surface area contributed by atoms with Crippen molar-refractivity contribution in [1.29, 1.82) is 0 Å². The third kappa shape index (κ3) is 4.76. The zero-order chi connectivity index (χ0) is 10.4. The van der Waals surface area contributed by atoms with Crippen molar-refractivity contribution in [3.63, 3.8) is 0 Å². The Morgan fingerprint density at radius 1 is 1.36 bits per heavy atom. The number of hydrogen-bond donors (Lipinski definition) is 1. The highest BCUT2D eigenvalue weighted by atomic mass is 32.2. The first-order valence-corrected chi connectivity index (χ1v) is 6.88. The molecular weight excluding hydrogens is 210 g/mol. The van der Waals surface area contributed by atoms with Crippen LogP contribution in [0.4, 0.5) is 0 Å². The number of rotatable bonds is 3. The third-order valence-corrected chi connectivity index (χ3v) is 4.15. The van der Waals surface area contributed by atoms with Crippen LogP contribution in [0, 0.1) is 0 Å². The molecular formula is C11H21NS2. The number of thiol groups is 1. The summed E-state index contributed by atoms with van der Waals surface area (Å²) in [6, 6.07) is 0. The molecule has 82 valence electrons. The second kappa shape index (κ2) is 6.09. The van der Waals surface area contributed by atoms with Gasteiger partial charge < -0.3 is 0 Å². The number of hydrogen-bond acceptors (Lipinski definition) is 3. The van der Waals surface area contributed by atoms with E-state index in [0.29, 0.717) is 4.75 Å². The van der Waals surface area contributed by atoms with Gasteiger partial charge >= 0.3 is 0 Å². The van der Waals surface area contributed by atoms with E-state index in [1.54, 1.807) is 0 Å². The van der Waals surface area contributed by atoms with Crippen LogP contribution in [0.15, 0.2) is 12.2 Å². The highest BCUT2D eigenvalue weighted by Crippen LogP contribution is 2.30. The summed E-state index contributed by atoms with van der Waals surface area (Å²) >= 11 is 6.26. The summed E-state index contributed by atoms with van der Waals surface area (Å²) in [6.07, 6.45) is 5.66. The third-order valence-electron chi connectivity index (χ3n) is 2.57. The topological polar surface area (TPSA) is 3.24 Å². The minimum Gasteiger partial charge on any atom is -0.299 e. The average molecular weight is 231 g/mol. The Balaban J connectivity index is 2.31. The maximum absolute atomic E-state index is 4.16. The van der Waals surface area contributed by atoms with E-state index in [9.17, 15) is 0 Å². The van der Waals surface area contributed by atoms with Gasteiger partial charge in [-0.25, -0.2) is 0 Å². The first-order chi connectivity index (χ1) is 6.64. The quantitative estimate of drug-likeness (QED) is 0.588. The van der Waals surface area contributed by atoms with Gasteiger partial charge in [-0.3, -0.25) is 4.90 Å². The SMILES string of the molecule is CC1(C)CCN(C/C=C/CS)CCS1. The summed E-state index contributed by atoms with van der Waals surface area (Å²) in [7, 11) is 0. The van der Waals surface area contributed by atoms with E-state index in [0.717, 1.165) is 12.3 Å². The standard InChI is InChI=1S/C11H21NS2/c1-11(2)5-7-12(8-10-14-11)6-3-4-9-13/h3-4,13H,5-10H2,1-2H3/b4-3+. The summed E-state index contributed by atoms with van der Waals surface area (Å²) in [6.45, 7) is 8.26. The van der Waals surface area contributed by atoms with Crippen molar-refractivity contribution in [3.05, 3.63) is 12.2 Å². The molecule has 0 unspecified atom stereocenters. The van der Waals surface area contributed by atoms with Crippen molar-refractivity contribution < 1.29 is 0 Å². The predicted octanol–water partition coefficient (Wildman–Crippen LogP) is 2.69. The monoisotopic (exact) mass is 231 g/mol. The molecule has 1 rings (SSSR count). The van der Waals surface area contributed by atoms with Gasteiger partial charge in [0.05, 0.1) is 0 Å². The summed E-state index contributed by atoms with van der Waals surface area (Å²) in [4.78, 5) is 2.53. The zero-order valence-electron chi connectivity index (χ0n) is 9.20. The van der Waals surface area contributed by atoms with Crippen molar-refractivity contribution in [1.82, 2.24) is 4.90 Å². The van der Waals surface area contributed by atoms with Crippen molar-refractivity contribution in [2.24, 2.45) is 0 Å². The van der Waals surface area contributed by atoms with Gasteiger partial charge in [0.1, 0.15) is 0 Å². The van der Waals surface area contributed by atoms with Crippen LogP contribution in [0.25, 0.3) is 0 Å². The van der Waals surface area contributed by atoms with Gasteiger partial charge in [0.15, 0.2) is 0 Å². The normalized spacial score (nSPS) is 23.9. The van der Waals surface area contributed by atoms with Gasteiger partial charge in [-0.1, -0.05) is 26.0 Å². The van der Waals surface area contributed by atoms with E-state index in [-0.39, 0.29) is 0 Å². The van der Waals surface area contributed by atoms with Crippen LogP contribution in [-0.4, -0.2) is 40.8 Å². The van der Waals surface area contributed by atoms with Crippen molar-refractivity contribution in [3.8, 4) is 0 Å². The largest absolute Gasteiger partial charge is 0.299 e. The van der Waals surface area contributed by atoms with Gasteiger partial charge in [-0.05, 0) is 13.0 Å². The molecule has 3 heteroatoms. The first kappa shape index (κ1) is 12.5. The molecule has 1 nitrogen and oxygen atoms in total. The molecule has 0 aliphatic carbocycles. The molecule has 1 heterocycles. The molecule has 1 aliphatic heterocycles. The second-order valence-electron chi connectivity index (χ2n) is 4.31. The van der Waals surface area contributed by atoms with E-state index in [4.69, 9.17) is 0 Å². The summed E-state index contributed by atoms with van der Waals surface area (Å²) in [5.74, 6) is 2.12. The number of thioether (sulfide) groups is 1. The fraction of sp³-hybridized carbons (Fsp3) is 0.818. The molecule has 0 spiro atoms. The van der Waals surface area contributed by atoms with Crippen molar-refractivity contribution >= 4 is 24.4 Å². The molecule has 0 aromatic rings. The molecule has 0 radical (unpaired) electrons. The maximum Gasteiger partial charge on any atom is 0.0163 e. The maximum atomic E-state index is 4.16. The molecule has 0 atom stereocenters. The zero-order valence-corrected chi connectivity index (χ0v) is 10.9. The van der Waals surface area contributed by atoms with Gasteiger partial charge in [0.2, 0.25) is 0 Å². The lowest BCUT2D eigenvalue weighted by atomic mass is 10.1. The van der Waals surface area contributed by atoms with Crippen LogP contribution in [0.3, 0.4) is 0 Å². The Kier molecular flexibility index (Phi) is 5.42. The molecule has 0 saturated carbocycles. The molecule has 1 saturated heterocycles. The Labute approximate surface area is 97.7 Å². The van der Waals surface area contributed by atoms with E-state index in [2.05, 4.69) is 55.3 Å². The van der Waals surface area contributed by atoms with E-state index in [1.165, 1.54) is 25.3 Å². The van der Waals surface area contributed by atoms with Gasteiger partial charge in [0, 0.05) is 29.3 Å². The Bertz CT molecular complexity index is 190. The second-order valence-corrected chi connectivity index (χ2v) is 6.48. The lowest BCUT2D eigenvalue weighted by Gasteiger charge is -2.21. The highest BCUT2D eigenvalue weighted by Gasteiger charge is 2.22. The van der Waals surface area contributed by atoms with Gasteiger partial charge in [-0.2, -0.15) is 24.4 Å². The Hall–Kier alpha value is 0.400. The molecule has 0 N–H and O–H groups in total. The fourth-order valence-electron chi connectivity index (χ4n) is 1.54. The lowest BCUT2D eigenvalue weighted by Crippen LogP contribution is -2.27. The van der Waals surface area contributed by atoms with E-state index >= 15 is 0 Å². The lowest BCUT2D eigenvalue weighted by molar-refractivity contribution is 0.313. The van der Waals surface area contributed by atoms with Crippen molar-refractivity contribution in [2.45, 2.75) is 25.0 Å². The fourth-order valence-corrected chi connectivity index (χ4v) is 2.83. The molecule has 0 amide bonds. The minimum absolute atomic E-state index is 0.474. The Morgan fingerprint density at radius 3 is 2.86 bits per heavy atom. The van der Waals surface area contributed by atoms with Crippen LogP contribution in [0.2, 0.25) is 0 Å². The van der Waals surface area contributed by atoms with Crippen LogP contribution < -0.4 is 0 Å². The highest BCUT2D eigenvalue weighted by molar-refractivity contribution is 8.00. The van der Waals surface area contributed by atoms with Gasteiger partial charge in [-0.15, -0.1) is 0 Å². The van der Waals surface area contributed by atoms with Crippen molar-refractivity contribution in [2.75, 3.05) is 31.1 Å². The average Bonchev–Trinajstić information content (AvgIpc) is 2.28. The molecule has 14 heavy (non-hydrogen) atoms. The van der Waals surface area contributed by atoms with Crippen LogP contribution >= 0.6 is 24.4 Å². The summed E-state index contributed by atoms with van der Waals surface area (Å²) in [5, 5.41) is 0. The molecule has 0 bridgehead atoms. The minimum atomic E-state index is 0.474. The smallest absolute Gasteiger partial charge is 0.0163 e. The molecule has 0 aromatic heterocycles. The Morgan fingerprint density at radius 2 is 2.14 bits per heavy atom. The summed E-state index contributed by atoms with van der Waals surface area (Å²) in [5.41, 5.74) is 0. The molecule has 1 aliphatic rings. The molecule has 0 aromatic carbocycles. The van der Waals surface area contributed by atoms with Crippen LogP contribution in [-0.2, 0) is 0 Å². The molecule has 1 fully saturated rings. The predicted molar refractivity (Wildman–Crippen MR) is 70.6 cm³/mol. The van der Waals surface area contributed by atoms with Crippen LogP contribution in [0.1, 0.15) is 20.3 Å². The van der Waals surface area contributed by atoms with Crippen LogP contribution in [0.5, 0.6) is 0 Å². The van der Waals surface area contributed by atoms with E-state index in [1.807, 2.05) is 0 Å². The first-order valence-electron chi connectivity index (χ1n) is 5.26. The summed E-state index contributed by atoms with van der Waals surface area (Å²) < 4.78 is 0.474.